The first-order valence-corrected chi connectivity index (χ1v) is 16.2. The van der Waals surface area contributed by atoms with Crippen molar-refractivity contribution in [1.29, 1.82) is 0 Å². The van der Waals surface area contributed by atoms with E-state index in [0.29, 0.717) is 19.4 Å². The molecule has 0 amide bonds. The molecule has 3 atom stereocenters. The highest BCUT2D eigenvalue weighted by atomic mass is 31.2. The molecular weight excluding hydrogens is 489 g/mol. The molecule has 8 heteroatoms. The molecule has 1 aliphatic heterocycles. The van der Waals surface area contributed by atoms with Gasteiger partial charge in [-0.1, -0.05) is 89.0 Å². The SMILES string of the molecule is CCN(C)CCOP(=O)(O)O[C@@H]1CCCCCCCCCCCC/C=C\CC/C=C/C[C@H](C)OC(=O)C1. The van der Waals surface area contributed by atoms with Crippen LogP contribution in [0.5, 0.6) is 0 Å². The zero-order valence-electron chi connectivity index (χ0n) is 23.8. The molecule has 0 radical (unpaired) electrons. The highest BCUT2D eigenvalue weighted by Crippen LogP contribution is 2.45. The van der Waals surface area contributed by atoms with E-state index in [0.717, 1.165) is 38.6 Å². The lowest BCUT2D eigenvalue weighted by Crippen LogP contribution is -2.24. The Morgan fingerprint density at radius 2 is 1.51 bits per heavy atom. The second-order valence-electron chi connectivity index (χ2n) is 10.3. The molecule has 0 aliphatic carbocycles. The van der Waals surface area contributed by atoms with E-state index in [1.54, 1.807) is 0 Å². The van der Waals surface area contributed by atoms with Gasteiger partial charge < -0.3 is 14.5 Å². The molecule has 0 saturated heterocycles. The van der Waals surface area contributed by atoms with Crippen LogP contribution in [0.4, 0.5) is 0 Å². The molecule has 1 unspecified atom stereocenters. The van der Waals surface area contributed by atoms with Crippen LogP contribution in [0.2, 0.25) is 0 Å². The third-order valence-electron chi connectivity index (χ3n) is 6.72. The van der Waals surface area contributed by atoms with Crippen molar-refractivity contribution in [3.8, 4) is 0 Å². The summed E-state index contributed by atoms with van der Waals surface area (Å²) in [6.07, 6.45) is 24.0. The van der Waals surface area contributed by atoms with E-state index >= 15 is 0 Å². The number of cyclic esters (lactones) is 1. The highest BCUT2D eigenvalue weighted by molar-refractivity contribution is 7.47. The highest BCUT2D eigenvalue weighted by Gasteiger charge is 2.29. The minimum Gasteiger partial charge on any atom is -0.462 e. The maximum absolute atomic E-state index is 12.6. The number of phosphoric acid groups is 1. The van der Waals surface area contributed by atoms with Crippen molar-refractivity contribution in [2.45, 2.75) is 129 Å². The van der Waals surface area contributed by atoms with Crippen molar-refractivity contribution >= 4 is 13.8 Å². The summed E-state index contributed by atoms with van der Waals surface area (Å²) in [5.74, 6) is -0.408. The van der Waals surface area contributed by atoms with E-state index in [9.17, 15) is 14.3 Å². The fourth-order valence-corrected chi connectivity index (χ4v) is 5.20. The van der Waals surface area contributed by atoms with Crippen LogP contribution < -0.4 is 0 Å². The first-order chi connectivity index (χ1) is 17.8. The van der Waals surface area contributed by atoms with E-state index in [1.807, 2.05) is 25.8 Å². The summed E-state index contributed by atoms with van der Waals surface area (Å²) in [6.45, 7) is 5.31. The van der Waals surface area contributed by atoms with Gasteiger partial charge in [0.15, 0.2) is 0 Å². The molecule has 1 heterocycles. The van der Waals surface area contributed by atoms with Crippen LogP contribution in [0.3, 0.4) is 0 Å². The average molecular weight is 544 g/mol. The monoisotopic (exact) mass is 543 g/mol. The van der Waals surface area contributed by atoms with Crippen LogP contribution in [-0.4, -0.2) is 54.7 Å². The number of carbonyl (C=O) groups is 1. The molecule has 1 rings (SSSR count). The van der Waals surface area contributed by atoms with Crippen molar-refractivity contribution in [3.05, 3.63) is 24.3 Å². The van der Waals surface area contributed by atoms with Gasteiger partial charge in [0.25, 0.3) is 0 Å². The standard InChI is InChI=1S/C29H54NO6P/c1-4-30(3)24-25-34-37(32,33)36-28-23-21-19-17-15-13-11-9-7-5-6-8-10-12-14-16-18-20-22-27(2)35-29(31)26-28/h10,12,18,20,27-28H,4-9,11,13-17,19,21-26H2,1-3H3,(H,32,33)/b12-10-,20-18+/t27-,28+/m0/s1. The molecule has 1 aliphatic rings. The third kappa shape index (κ3) is 20.6. The van der Waals surface area contributed by atoms with E-state index in [-0.39, 0.29) is 19.1 Å². The Kier molecular flexibility index (Phi) is 20.2. The number of ether oxygens (including phenoxy) is 1. The van der Waals surface area contributed by atoms with Gasteiger partial charge >= 0.3 is 13.8 Å². The lowest BCUT2D eigenvalue weighted by atomic mass is 10.0. The summed E-state index contributed by atoms with van der Waals surface area (Å²) in [7, 11) is -2.35. The zero-order chi connectivity index (χ0) is 27.2. The van der Waals surface area contributed by atoms with Crippen LogP contribution in [0.15, 0.2) is 24.3 Å². The summed E-state index contributed by atoms with van der Waals surface area (Å²) in [4.78, 5) is 24.8. The molecule has 0 spiro atoms. The first kappa shape index (κ1) is 34.0. The van der Waals surface area contributed by atoms with Crippen molar-refractivity contribution in [1.82, 2.24) is 4.90 Å². The Labute approximate surface area is 226 Å². The van der Waals surface area contributed by atoms with Crippen LogP contribution in [0.25, 0.3) is 0 Å². The van der Waals surface area contributed by atoms with Crippen LogP contribution in [0, 0.1) is 0 Å². The van der Waals surface area contributed by atoms with Crippen molar-refractivity contribution in [2.75, 3.05) is 26.7 Å². The maximum atomic E-state index is 12.6. The Bertz CT molecular complexity index is 683. The van der Waals surface area contributed by atoms with Gasteiger partial charge in [0.05, 0.1) is 19.1 Å². The zero-order valence-corrected chi connectivity index (χ0v) is 24.7. The number of esters is 1. The predicted octanol–water partition coefficient (Wildman–Crippen LogP) is 7.74. The van der Waals surface area contributed by atoms with Gasteiger partial charge in [-0.3, -0.25) is 13.8 Å². The quantitative estimate of drug-likeness (QED) is 0.200. The number of allylic oxidation sites excluding steroid dienone is 3. The normalized spacial score (nSPS) is 26.5. The van der Waals surface area contributed by atoms with Gasteiger partial charge in [0.1, 0.15) is 6.10 Å². The molecule has 0 aromatic heterocycles. The van der Waals surface area contributed by atoms with Gasteiger partial charge in [0.2, 0.25) is 0 Å². The Hall–Kier alpha value is -0.980. The molecule has 216 valence electrons. The number of nitrogens with zero attached hydrogens (tertiary/aromatic N) is 1. The molecule has 37 heavy (non-hydrogen) atoms. The van der Waals surface area contributed by atoms with Gasteiger partial charge in [-0.2, -0.15) is 0 Å². The van der Waals surface area contributed by atoms with E-state index in [2.05, 4.69) is 24.3 Å². The second-order valence-corrected chi connectivity index (χ2v) is 11.7. The summed E-state index contributed by atoms with van der Waals surface area (Å²) in [5.41, 5.74) is 0. The van der Waals surface area contributed by atoms with Crippen molar-refractivity contribution in [2.24, 2.45) is 0 Å². The Balaban J connectivity index is 2.64. The number of hydrogen-bond acceptors (Lipinski definition) is 6. The number of carbonyl (C=O) groups excluding carboxylic acids is 1. The molecule has 0 saturated carbocycles. The third-order valence-corrected chi connectivity index (χ3v) is 7.80. The number of phosphoric ester groups is 1. The Morgan fingerprint density at radius 1 is 0.946 bits per heavy atom. The van der Waals surface area contributed by atoms with Gasteiger partial charge in [-0.15, -0.1) is 0 Å². The molecule has 0 fully saturated rings. The van der Waals surface area contributed by atoms with Crippen molar-refractivity contribution in [3.63, 3.8) is 0 Å². The minimum absolute atomic E-state index is 0.0539. The van der Waals surface area contributed by atoms with Crippen LogP contribution in [-0.2, 0) is 23.1 Å². The topological polar surface area (TPSA) is 85.3 Å². The Morgan fingerprint density at radius 3 is 2.16 bits per heavy atom. The molecule has 0 aromatic rings. The van der Waals surface area contributed by atoms with Crippen molar-refractivity contribution < 1.29 is 28.0 Å². The summed E-state index contributed by atoms with van der Waals surface area (Å²) in [5, 5.41) is 0. The predicted molar refractivity (Wildman–Crippen MR) is 152 cm³/mol. The smallest absolute Gasteiger partial charge is 0.462 e. The fraction of sp³-hybridized carbons (Fsp3) is 0.828. The summed E-state index contributed by atoms with van der Waals surface area (Å²) < 4.78 is 28.7. The van der Waals surface area contributed by atoms with Gasteiger partial charge in [-0.25, -0.2) is 4.57 Å². The number of hydrogen-bond donors (Lipinski definition) is 1. The van der Waals surface area contributed by atoms with E-state index in [1.165, 1.54) is 51.4 Å². The minimum atomic E-state index is -4.26. The van der Waals surface area contributed by atoms with Gasteiger partial charge in [-0.05, 0) is 52.6 Å². The van der Waals surface area contributed by atoms with Crippen LogP contribution in [0.1, 0.15) is 117 Å². The molecule has 0 bridgehead atoms. The van der Waals surface area contributed by atoms with E-state index in [4.69, 9.17) is 13.8 Å². The molecular formula is C29H54NO6P. The molecule has 0 aromatic carbocycles. The lowest BCUT2D eigenvalue weighted by Gasteiger charge is -2.22. The fourth-order valence-electron chi connectivity index (χ4n) is 4.27. The number of likely N-dealkylation sites (N-methyl/N-ethyl adjacent to an activating group) is 1. The molecule has 7 nitrogen and oxygen atoms in total. The second kappa shape index (κ2) is 21.9. The van der Waals surface area contributed by atoms with Gasteiger partial charge in [0, 0.05) is 13.0 Å². The van der Waals surface area contributed by atoms with Crippen LogP contribution >= 0.6 is 7.82 Å². The largest absolute Gasteiger partial charge is 0.472 e. The summed E-state index contributed by atoms with van der Waals surface area (Å²) in [6, 6.07) is 0. The first-order valence-electron chi connectivity index (χ1n) is 14.7. The van der Waals surface area contributed by atoms with E-state index < -0.39 is 19.9 Å². The number of rotatable bonds is 7. The maximum Gasteiger partial charge on any atom is 0.472 e. The summed E-state index contributed by atoms with van der Waals surface area (Å²) >= 11 is 0. The lowest BCUT2D eigenvalue weighted by molar-refractivity contribution is -0.150. The average Bonchev–Trinajstić information content (AvgIpc) is 2.84. The molecule has 1 N–H and O–H groups in total.